The molecule has 1 rings (SSSR count). The third kappa shape index (κ3) is 5.74. The van der Waals surface area contributed by atoms with E-state index in [-0.39, 0.29) is 8.55 Å². The summed E-state index contributed by atoms with van der Waals surface area (Å²) in [7, 11) is -4.03. The Morgan fingerprint density at radius 2 is 1.95 bits per heavy atom. The van der Waals surface area contributed by atoms with E-state index in [2.05, 4.69) is 4.72 Å². The molecule has 0 aliphatic heterocycles. The van der Waals surface area contributed by atoms with Gasteiger partial charge in [0.25, 0.3) is 0 Å². The van der Waals surface area contributed by atoms with E-state index in [1.165, 1.54) is 26.0 Å². The van der Waals surface area contributed by atoms with Crippen molar-refractivity contribution in [3.63, 3.8) is 0 Å². The highest BCUT2D eigenvalue weighted by atomic mass is 35.5. The Hall–Kier alpha value is -0.350. The van der Waals surface area contributed by atoms with Crippen LogP contribution < -0.4 is 4.72 Å². The molecule has 10 heteroatoms. The lowest BCUT2D eigenvalue weighted by Crippen LogP contribution is -2.47. The van der Waals surface area contributed by atoms with Crippen LogP contribution in [0.5, 0.6) is 0 Å². The Bertz CT molecular complexity index is 572. The number of sulfonamides is 1. The molecule has 3 atom stereocenters. The van der Waals surface area contributed by atoms with Crippen LogP contribution in [0.3, 0.4) is 0 Å². The maximum absolute atomic E-state index is 12.4. The first-order valence-corrected chi connectivity index (χ1v) is 8.62. The number of aliphatic hydroxyl groups excluding tert-OH is 1. The van der Waals surface area contributed by atoms with Crippen molar-refractivity contribution in [1.29, 1.82) is 0 Å². The Balaban J connectivity index is 2.93. The van der Waals surface area contributed by atoms with Crippen molar-refractivity contribution in [2.24, 2.45) is 5.92 Å². The topological polar surface area (TPSA) is 66.4 Å². The highest BCUT2D eigenvalue weighted by Gasteiger charge is 2.37. The van der Waals surface area contributed by atoms with Gasteiger partial charge in [-0.25, -0.2) is 13.1 Å². The van der Waals surface area contributed by atoms with Gasteiger partial charge in [0.1, 0.15) is 4.21 Å². The highest BCUT2D eigenvalue weighted by molar-refractivity contribution is 7.91. The summed E-state index contributed by atoms with van der Waals surface area (Å²) in [6.07, 6.45) is -6.91. The quantitative estimate of drug-likeness (QED) is 0.814. The van der Waals surface area contributed by atoms with Gasteiger partial charge >= 0.3 is 6.18 Å². The number of thiophene rings is 1. The second-order valence-electron chi connectivity index (χ2n) is 4.74. The van der Waals surface area contributed by atoms with Crippen molar-refractivity contribution in [3.8, 4) is 0 Å². The minimum absolute atomic E-state index is 0.114. The van der Waals surface area contributed by atoms with Crippen LogP contribution in [0, 0.1) is 5.92 Å². The molecular weight excluding hydrogens is 351 g/mol. The predicted octanol–water partition coefficient (Wildman–Crippen LogP) is 3.02. The number of aliphatic hydroxyl groups is 1. The zero-order valence-corrected chi connectivity index (χ0v) is 13.6. The zero-order chi connectivity index (χ0) is 16.4. The van der Waals surface area contributed by atoms with Crippen LogP contribution >= 0.6 is 22.9 Å². The van der Waals surface area contributed by atoms with Gasteiger partial charge in [0.15, 0.2) is 0 Å². The van der Waals surface area contributed by atoms with Crippen LogP contribution in [0.1, 0.15) is 20.3 Å². The maximum Gasteiger partial charge on any atom is 0.389 e. The minimum Gasteiger partial charge on any atom is -0.392 e. The van der Waals surface area contributed by atoms with Crippen molar-refractivity contribution in [2.75, 3.05) is 0 Å². The van der Waals surface area contributed by atoms with Gasteiger partial charge in [-0.1, -0.05) is 18.5 Å². The predicted molar refractivity (Wildman–Crippen MR) is 75.0 cm³/mol. The van der Waals surface area contributed by atoms with Crippen molar-refractivity contribution in [2.45, 2.75) is 42.8 Å². The SMILES string of the molecule is CC(CC(F)(F)F)C(NS(=O)(=O)c1ccc(Cl)s1)[C@H](C)O. The molecule has 0 saturated heterocycles. The van der Waals surface area contributed by atoms with Crippen molar-refractivity contribution in [1.82, 2.24) is 4.72 Å². The Kier molecular flexibility index (Phi) is 6.08. The lowest BCUT2D eigenvalue weighted by molar-refractivity contribution is -0.146. The van der Waals surface area contributed by atoms with E-state index >= 15 is 0 Å². The van der Waals surface area contributed by atoms with Gasteiger partial charge in [0.05, 0.1) is 16.5 Å². The Labute approximate surface area is 130 Å². The molecule has 21 heavy (non-hydrogen) atoms. The number of hydrogen-bond acceptors (Lipinski definition) is 4. The molecule has 0 spiro atoms. The van der Waals surface area contributed by atoms with E-state index < -0.39 is 40.7 Å². The first kappa shape index (κ1) is 18.7. The van der Waals surface area contributed by atoms with Gasteiger partial charge < -0.3 is 5.11 Å². The van der Waals surface area contributed by atoms with E-state index in [0.717, 1.165) is 11.3 Å². The molecule has 2 unspecified atom stereocenters. The van der Waals surface area contributed by atoms with Crippen molar-refractivity contribution < 1.29 is 26.7 Å². The largest absolute Gasteiger partial charge is 0.392 e. The van der Waals surface area contributed by atoms with Crippen LogP contribution in [0.4, 0.5) is 13.2 Å². The number of nitrogens with one attached hydrogen (secondary N) is 1. The number of hydrogen-bond donors (Lipinski definition) is 2. The Morgan fingerprint density at radius 1 is 1.38 bits per heavy atom. The number of alkyl halides is 3. The van der Waals surface area contributed by atoms with Crippen LogP contribution in [0.15, 0.2) is 16.3 Å². The van der Waals surface area contributed by atoms with Crippen molar-refractivity contribution in [3.05, 3.63) is 16.5 Å². The molecule has 4 nitrogen and oxygen atoms in total. The summed E-state index contributed by atoms with van der Waals surface area (Å²) in [5, 5.41) is 9.58. The molecule has 0 saturated carbocycles. The first-order chi connectivity index (χ1) is 9.42. The van der Waals surface area contributed by atoms with Crippen LogP contribution in [0.25, 0.3) is 0 Å². The lowest BCUT2D eigenvalue weighted by atomic mass is 9.95. The normalized spacial score (nSPS) is 17.5. The molecule has 1 heterocycles. The summed E-state index contributed by atoms with van der Waals surface area (Å²) in [6, 6.07) is 1.37. The molecule has 0 fully saturated rings. The first-order valence-electron chi connectivity index (χ1n) is 5.95. The molecular formula is C11H15ClF3NO3S2. The van der Waals surface area contributed by atoms with Crippen molar-refractivity contribution >= 4 is 33.0 Å². The van der Waals surface area contributed by atoms with Gasteiger partial charge in [0, 0.05) is 6.42 Å². The summed E-state index contributed by atoms with van der Waals surface area (Å²) in [5.74, 6) is -1.12. The average Bonchev–Trinajstić information content (AvgIpc) is 2.70. The fraction of sp³-hybridized carbons (Fsp3) is 0.636. The number of halogens is 4. The second kappa shape index (κ2) is 6.82. The molecule has 0 aliphatic carbocycles. The van der Waals surface area contributed by atoms with E-state index in [4.69, 9.17) is 11.6 Å². The lowest BCUT2D eigenvalue weighted by Gasteiger charge is -2.27. The summed E-state index contributed by atoms with van der Waals surface area (Å²) in [5.41, 5.74) is 0. The zero-order valence-electron chi connectivity index (χ0n) is 11.2. The highest BCUT2D eigenvalue weighted by Crippen LogP contribution is 2.29. The summed E-state index contributed by atoms with van der Waals surface area (Å²) < 4.78 is 63.6. The maximum atomic E-state index is 12.4. The minimum atomic E-state index is -4.44. The molecule has 2 N–H and O–H groups in total. The molecule has 0 aliphatic rings. The third-order valence-electron chi connectivity index (χ3n) is 2.79. The summed E-state index contributed by atoms with van der Waals surface area (Å²) in [6.45, 7) is 2.47. The fourth-order valence-corrected chi connectivity index (χ4v) is 4.78. The number of rotatable bonds is 6. The molecule has 0 aromatic carbocycles. The second-order valence-corrected chi connectivity index (χ2v) is 8.40. The molecule has 0 radical (unpaired) electrons. The molecule has 1 aromatic rings. The monoisotopic (exact) mass is 365 g/mol. The van der Waals surface area contributed by atoms with E-state index in [1.807, 2.05) is 0 Å². The van der Waals surface area contributed by atoms with Crippen LogP contribution in [-0.2, 0) is 10.0 Å². The molecule has 122 valence electrons. The van der Waals surface area contributed by atoms with Gasteiger partial charge in [-0.05, 0) is 25.0 Å². The summed E-state index contributed by atoms with van der Waals surface area (Å²) in [4.78, 5) is 0. The van der Waals surface area contributed by atoms with Gasteiger partial charge in [-0.2, -0.15) is 13.2 Å². The van der Waals surface area contributed by atoms with E-state index in [0.29, 0.717) is 0 Å². The smallest absolute Gasteiger partial charge is 0.389 e. The van der Waals surface area contributed by atoms with E-state index in [9.17, 15) is 26.7 Å². The Morgan fingerprint density at radius 3 is 2.33 bits per heavy atom. The average molecular weight is 366 g/mol. The van der Waals surface area contributed by atoms with Gasteiger partial charge in [-0.15, -0.1) is 11.3 Å². The summed E-state index contributed by atoms with van der Waals surface area (Å²) >= 11 is 6.43. The van der Waals surface area contributed by atoms with Gasteiger partial charge in [-0.3, -0.25) is 0 Å². The third-order valence-corrected chi connectivity index (χ3v) is 5.97. The molecule has 0 amide bonds. The van der Waals surface area contributed by atoms with E-state index in [1.54, 1.807) is 0 Å². The standard InChI is InChI=1S/C11H15ClF3NO3S2/c1-6(5-11(13,14)15)10(7(2)17)16-21(18,19)9-4-3-8(12)20-9/h3-4,6-7,10,16-17H,5H2,1-2H3/t6?,7-,10?/m0/s1. The fourth-order valence-electron chi connectivity index (χ4n) is 1.86. The van der Waals surface area contributed by atoms with Gasteiger partial charge in [0.2, 0.25) is 10.0 Å². The van der Waals surface area contributed by atoms with Crippen LogP contribution in [0.2, 0.25) is 4.34 Å². The molecule has 0 bridgehead atoms. The van der Waals surface area contributed by atoms with Crippen LogP contribution in [-0.4, -0.2) is 31.8 Å². The molecule has 1 aromatic heterocycles.